The van der Waals surface area contributed by atoms with Gasteiger partial charge in [-0.25, -0.2) is 9.18 Å². The van der Waals surface area contributed by atoms with Gasteiger partial charge in [0, 0.05) is 11.8 Å². The lowest BCUT2D eigenvalue weighted by Gasteiger charge is -2.09. The Morgan fingerprint density at radius 1 is 1.45 bits per heavy atom. The molecule has 0 unspecified atom stereocenters. The summed E-state index contributed by atoms with van der Waals surface area (Å²) < 4.78 is 18.2. The summed E-state index contributed by atoms with van der Waals surface area (Å²) in [4.78, 5) is 16.1. The molecule has 118 valence electrons. The molecule has 1 fully saturated rings. The summed E-state index contributed by atoms with van der Waals surface area (Å²) in [7, 11) is 0. The molecule has 1 aromatic carbocycles. The number of carbonyl (C=O) groups excluding carboxylic acids is 1. The highest BCUT2D eigenvalue weighted by Gasteiger charge is 2.23. The fourth-order valence-electron chi connectivity index (χ4n) is 1.67. The maximum absolute atomic E-state index is 13.3. The van der Waals surface area contributed by atoms with E-state index in [0.29, 0.717) is 0 Å². The third kappa shape index (κ3) is 3.99. The smallest absolute Gasteiger partial charge is 0.343 e. The van der Waals surface area contributed by atoms with Crippen LogP contribution in [0, 0.1) is 5.82 Å². The van der Waals surface area contributed by atoms with Gasteiger partial charge in [-0.15, -0.1) is 0 Å². The van der Waals surface area contributed by atoms with Crippen molar-refractivity contribution >= 4 is 41.1 Å². The van der Waals surface area contributed by atoms with Gasteiger partial charge in [-0.1, -0.05) is 23.2 Å². The second-order valence-electron chi connectivity index (χ2n) is 4.74. The third-order valence-corrected chi connectivity index (χ3v) is 3.58. The zero-order chi connectivity index (χ0) is 16.3. The Bertz CT molecular complexity index is 654. The first-order chi connectivity index (χ1) is 10.4. The predicted molar refractivity (Wildman–Crippen MR) is 84.1 cm³/mol. The van der Waals surface area contributed by atoms with Crippen LogP contribution in [0.1, 0.15) is 25.3 Å². The monoisotopic (exact) mass is 345 g/mol. The Kier molecular flexibility index (Phi) is 5.42. The summed E-state index contributed by atoms with van der Waals surface area (Å²) >= 11 is 11.6. The molecule has 0 heterocycles. The molecule has 0 atom stereocenters. The van der Waals surface area contributed by atoms with E-state index in [1.54, 1.807) is 6.92 Å². The van der Waals surface area contributed by atoms with E-state index in [4.69, 9.17) is 27.9 Å². The van der Waals surface area contributed by atoms with E-state index >= 15 is 0 Å². The van der Waals surface area contributed by atoms with Crippen LogP contribution in [-0.2, 0) is 9.53 Å². The first-order valence-electron chi connectivity index (χ1n) is 6.72. The molecule has 0 amide bonds. The second-order valence-corrected chi connectivity index (χ2v) is 5.55. The average Bonchev–Trinajstić information content (AvgIpc) is 3.27. The van der Waals surface area contributed by atoms with E-state index in [2.05, 4.69) is 4.99 Å². The summed E-state index contributed by atoms with van der Waals surface area (Å²) in [6, 6.07) is 2.28. The highest BCUT2D eigenvalue weighted by atomic mass is 35.5. The molecule has 0 bridgehead atoms. The van der Waals surface area contributed by atoms with Crippen LogP contribution in [-0.4, -0.2) is 29.9 Å². The van der Waals surface area contributed by atoms with E-state index in [1.807, 2.05) is 0 Å². The lowest BCUT2D eigenvalue weighted by atomic mass is 10.1. The fourth-order valence-corrected chi connectivity index (χ4v) is 2.08. The number of nitrogens with zero attached hydrogens (tertiary/aromatic N) is 1. The number of aliphatic hydroxyl groups excluding tert-OH is 1. The van der Waals surface area contributed by atoms with Gasteiger partial charge >= 0.3 is 5.97 Å². The number of hydrogen-bond donors (Lipinski definition) is 1. The Balaban J connectivity index is 2.47. The quantitative estimate of drug-likeness (QED) is 0.286. The van der Waals surface area contributed by atoms with Gasteiger partial charge in [0.2, 0.25) is 0 Å². The summed E-state index contributed by atoms with van der Waals surface area (Å²) in [5, 5.41) is 10.0. The van der Waals surface area contributed by atoms with Gasteiger partial charge in [-0.3, -0.25) is 4.99 Å². The van der Waals surface area contributed by atoms with Gasteiger partial charge in [-0.05, 0) is 31.9 Å². The molecule has 0 spiro atoms. The number of aliphatic hydroxyl groups is 1. The minimum Gasteiger partial charge on any atom is -0.506 e. The van der Waals surface area contributed by atoms with Crippen molar-refractivity contribution in [1.82, 2.24) is 0 Å². The Labute approximate surface area is 137 Å². The van der Waals surface area contributed by atoms with Gasteiger partial charge in [0.1, 0.15) is 17.1 Å². The van der Waals surface area contributed by atoms with Crippen molar-refractivity contribution in [2.75, 3.05) is 6.61 Å². The zero-order valence-corrected chi connectivity index (χ0v) is 13.3. The molecule has 0 radical (unpaired) electrons. The lowest BCUT2D eigenvalue weighted by Crippen LogP contribution is -2.12. The van der Waals surface area contributed by atoms with Crippen LogP contribution in [0.5, 0.6) is 0 Å². The lowest BCUT2D eigenvalue weighted by molar-refractivity contribution is -0.137. The predicted octanol–water partition coefficient (Wildman–Crippen LogP) is 4.20. The maximum Gasteiger partial charge on any atom is 0.343 e. The molecule has 1 saturated carbocycles. The first kappa shape index (κ1) is 16.8. The second kappa shape index (κ2) is 7.11. The number of ether oxygens (including phenoxy) is 1. The molecule has 22 heavy (non-hydrogen) atoms. The number of benzene rings is 1. The van der Waals surface area contributed by atoms with Crippen molar-refractivity contribution in [3.8, 4) is 0 Å². The molecule has 1 aromatic rings. The van der Waals surface area contributed by atoms with E-state index in [1.165, 1.54) is 6.21 Å². The van der Waals surface area contributed by atoms with Crippen LogP contribution < -0.4 is 0 Å². The van der Waals surface area contributed by atoms with Crippen molar-refractivity contribution in [2.24, 2.45) is 4.99 Å². The molecule has 0 aromatic heterocycles. The SMILES string of the molecule is CCOC(=O)C(C=NC1CC1)=C(O)c1cc(Cl)c(F)cc1Cl. The van der Waals surface area contributed by atoms with E-state index in [-0.39, 0.29) is 33.8 Å². The van der Waals surface area contributed by atoms with E-state index in [9.17, 15) is 14.3 Å². The van der Waals surface area contributed by atoms with Crippen LogP contribution in [0.25, 0.3) is 5.76 Å². The Morgan fingerprint density at radius 2 is 2.14 bits per heavy atom. The van der Waals surface area contributed by atoms with Gasteiger partial charge in [0.25, 0.3) is 0 Å². The highest BCUT2D eigenvalue weighted by Crippen LogP contribution is 2.30. The number of esters is 1. The molecule has 0 aliphatic heterocycles. The summed E-state index contributed by atoms with van der Waals surface area (Å²) in [6.07, 6.45) is 3.14. The van der Waals surface area contributed by atoms with Crippen molar-refractivity contribution in [1.29, 1.82) is 0 Å². The highest BCUT2D eigenvalue weighted by molar-refractivity contribution is 6.35. The molecular weight excluding hydrogens is 332 g/mol. The molecule has 1 aliphatic rings. The van der Waals surface area contributed by atoms with Gasteiger partial charge in [-0.2, -0.15) is 0 Å². The van der Waals surface area contributed by atoms with Crippen molar-refractivity contribution < 1.29 is 19.0 Å². The minimum absolute atomic E-state index is 0.0402. The standard InChI is InChI=1S/C15H14Cl2FNO3/c1-2-22-15(21)10(7-19-8-3-4-8)14(20)9-5-12(17)13(18)6-11(9)16/h5-8,20H,2-4H2,1H3. The van der Waals surface area contributed by atoms with Crippen LogP contribution in [0.15, 0.2) is 22.7 Å². The number of carbonyl (C=O) groups is 1. The first-order valence-corrected chi connectivity index (χ1v) is 7.48. The van der Waals surface area contributed by atoms with Crippen LogP contribution in [0.4, 0.5) is 4.39 Å². The molecule has 1 N–H and O–H groups in total. The molecule has 2 rings (SSSR count). The topological polar surface area (TPSA) is 58.9 Å². The summed E-state index contributed by atoms with van der Waals surface area (Å²) in [5.74, 6) is -1.90. The Morgan fingerprint density at radius 3 is 2.73 bits per heavy atom. The number of hydrogen-bond acceptors (Lipinski definition) is 4. The minimum atomic E-state index is -0.735. The van der Waals surface area contributed by atoms with Gasteiger partial charge < -0.3 is 9.84 Å². The fraction of sp³-hybridized carbons (Fsp3) is 0.333. The normalized spacial score (nSPS) is 15.8. The zero-order valence-electron chi connectivity index (χ0n) is 11.8. The summed E-state index contributed by atoms with van der Waals surface area (Å²) in [5.41, 5.74) is -0.100. The molecule has 0 saturated heterocycles. The average molecular weight is 346 g/mol. The largest absolute Gasteiger partial charge is 0.506 e. The molecular formula is C15H14Cl2FNO3. The Hall–Kier alpha value is -1.59. The van der Waals surface area contributed by atoms with Crippen LogP contribution >= 0.6 is 23.2 Å². The van der Waals surface area contributed by atoms with E-state index in [0.717, 1.165) is 25.0 Å². The molecule has 7 heteroatoms. The summed E-state index contributed by atoms with van der Waals surface area (Å²) in [6.45, 7) is 1.79. The van der Waals surface area contributed by atoms with Crippen molar-refractivity contribution in [3.63, 3.8) is 0 Å². The van der Waals surface area contributed by atoms with Crippen molar-refractivity contribution in [3.05, 3.63) is 39.1 Å². The number of rotatable bonds is 5. The van der Waals surface area contributed by atoms with Crippen LogP contribution in [0.3, 0.4) is 0 Å². The third-order valence-electron chi connectivity index (χ3n) is 2.98. The molecule has 4 nitrogen and oxygen atoms in total. The van der Waals surface area contributed by atoms with Gasteiger partial charge in [0.05, 0.1) is 22.7 Å². The maximum atomic E-state index is 13.3. The number of aliphatic imine (C=N–C) groups is 1. The number of halogens is 3. The van der Waals surface area contributed by atoms with Crippen molar-refractivity contribution in [2.45, 2.75) is 25.8 Å². The van der Waals surface area contributed by atoms with Crippen LogP contribution in [0.2, 0.25) is 10.0 Å². The van der Waals surface area contributed by atoms with E-state index < -0.39 is 17.5 Å². The van der Waals surface area contributed by atoms with Gasteiger partial charge in [0.15, 0.2) is 0 Å². The molecule has 1 aliphatic carbocycles.